The van der Waals surface area contributed by atoms with Gasteiger partial charge >= 0.3 is 0 Å². The number of hydrogen-bond donors (Lipinski definition) is 1. The highest BCUT2D eigenvalue weighted by molar-refractivity contribution is 5.81. The van der Waals surface area contributed by atoms with Crippen molar-refractivity contribution in [3.8, 4) is 5.75 Å². The lowest BCUT2D eigenvalue weighted by atomic mass is 10.1. The first-order valence-corrected chi connectivity index (χ1v) is 9.78. The highest BCUT2D eigenvalue weighted by Gasteiger charge is 2.19. The predicted molar refractivity (Wildman–Crippen MR) is 109 cm³/mol. The van der Waals surface area contributed by atoms with Crippen LogP contribution in [0.25, 0.3) is 0 Å². The summed E-state index contributed by atoms with van der Waals surface area (Å²) in [5.74, 6) is -0.608. The molecular formula is C22H28FN3O2. The number of piperazine rings is 1. The molecule has 3 rings (SSSR count). The van der Waals surface area contributed by atoms with Gasteiger partial charge in [-0.15, -0.1) is 0 Å². The maximum atomic E-state index is 13.7. The SMILES string of the molecule is CC[C@H](Oc1ccccc1F)C(=O)NCc1ccc(N2CCN(C)CC2)cc1. The Morgan fingerprint density at radius 2 is 1.79 bits per heavy atom. The Labute approximate surface area is 166 Å². The second-order valence-corrected chi connectivity index (χ2v) is 7.12. The van der Waals surface area contributed by atoms with Crippen molar-refractivity contribution in [3.05, 3.63) is 59.9 Å². The number of carbonyl (C=O) groups is 1. The quantitative estimate of drug-likeness (QED) is 0.796. The molecule has 0 aromatic heterocycles. The summed E-state index contributed by atoms with van der Waals surface area (Å²) in [5.41, 5.74) is 2.23. The number of amides is 1. The lowest BCUT2D eigenvalue weighted by Crippen LogP contribution is -2.44. The normalized spacial score (nSPS) is 15.9. The smallest absolute Gasteiger partial charge is 0.261 e. The Kier molecular flexibility index (Phi) is 6.87. The van der Waals surface area contributed by atoms with Crippen LogP contribution in [0.5, 0.6) is 5.75 Å². The molecule has 1 aliphatic heterocycles. The van der Waals surface area contributed by atoms with Gasteiger partial charge in [0.25, 0.3) is 5.91 Å². The predicted octanol–water partition coefficient (Wildman–Crippen LogP) is 3.05. The molecule has 0 unspecified atom stereocenters. The molecule has 0 bridgehead atoms. The highest BCUT2D eigenvalue weighted by Crippen LogP contribution is 2.19. The summed E-state index contributed by atoms with van der Waals surface area (Å²) in [7, 11) is 2.14. The summed E-state index contributed by atoms with van der Waals surface area (Å²) in [4.78, 5) is 17.1. The molecule has 1 N–H and O–H groups in total. The maximum absolute atomic E-state index is 13.7. The Hall–Kier alpha value is -2.60. The molecule has 1 fully saturated rings. The minimum absolute atomic E-state index is 0.0982. The highest BCUT2D eigenvalue weighted by atomic mass is 19.1. The van der Waals surface area contributed by atoms with Crippen LogP contribution in [0.2, 0.25) is 0 Å². The van der Waals surface area contributed by atoms with Crippen molar-refractivity contribution in [1.82, 2.24) is 10.2 Å². The molecule has 1 aliphatic rings. The molecule has 2 aromatic rings. The molecule has 2 aromatic carbocycles. The van der Waals surface area contributed by atoms with Gasteiger partial charge in [-0.05, 0) is 43.3 Å². The second kappa shape index (κ2) is 9.55. The summed E-state index contributed by atoms with van der Waals surface area (Å²) in [5, 5.41) is 2.89. The molecule has 0 radical (unpaired) electrons. The van der Waals surface area contributed by atoms with E-state index < -0.39 is 11.9 Å². The van der Waals surface area contributed by atoms with Crippen LogP contribution < -0.4 is 15.0 Å². The molecular weight excluding hydrogens is 357 g/mol. The number of carbonyl (C=O) groups excluding carboxylic acids is 1. The van der Waals surface area contributed by atoms with E-state index in [9.17, 15) is 9.18 Å². The van der Waals surface area contributed by atoms with Gasteiger partial charge in [-0.3, -0.25) is 4.79 Å². The van der Waals surface area contributed by atoms with E-state index in [4.69, 9.17) is 4.74 Å². The maximum Gasteiger partial charge on any atom is 0.261 e. The van der Waals surface area contributed by atoms with Crippen LogP contribution in [0, 0.1) is 5.82 Å². The monoisotopic (exact) mass is 385 g/mol. The van der Waals surface area contributed by atoms with E-state index >= 15 is 0 Å². The largest absolute Gasteiger partial charge is 0.478 e. The molecule has 0 aliphatic carbocycles. The first-order chi connectivity index (χ1) is 13.6. The van der Waals surface area contributed by atoms with E-state index in [0.717, 1.165) is 31.7 Å². The van der Waals surface area contributed by atoms with Gasteiger partial charge in [-0.1, -0.05) is 31.2 Å². The fourth-order valence-corrected chi connectivity index (χ4v) is 3.21. The Morgan fingerprint density at radius 1 is 1.11 bits per heavy atom. The number of nitrogens with zero attached hydrogens (tertiary/aromatic N) is 2. The van der Waals surface area contributed by atoms with Crippen LogP contribution in [0.3, 0.4) is 0 Å². The topological polar surface area (TPSA) is 44.8 Å². The average molecular weight is 385 g/mol. The number of nitrogens with one attached hydrogen (secondary N) is 1. The van der Waals surface area contributed by atoms with E-state index in [-0.39, 0.29) is 11.7 Å². The first-order valence-electron chi connectivity index (χ1n) is 9.78. The van der Waals surface area contributed by atoms with Crippen molar-refractivity contribution in [1.29, 1.82) is 0 Å². The molecule has 5 nitrogen and oxygen atoms in total. The van der Waals surface area contributed by atoms with Gasteiger partial charge in [0.15, 0.2) is 17.7 Å². The van der Waals surface area contributed by atoms with Crippen molar-refractivity contribution in [2.45, 2.75) is 26.0 Å². The van der Waals surface area contributed by atoms with Crippen molar-refractivity contribution in [3.63, 3.8) is 0 Å². The van der Waals surface area contributed by atoms with E-state index in [0.29, 0.717) is 13.0 Å². The number of likely N-dealkylation sites (N-methyl/N-ethyl adjacent to an activating group) is 1. The number of hydrogen-bond acceptors (Lipinski definition) is 4. The number of anilines is 1. The van der Waals surface area contributed by atoms with Gasteiger partial charge in [0.1, 0.15) is 0 Å². The Bertz CT molecular complexity index is 774. The van der Waals surface area contributed by atoms with Crippen molar-refractivity contribution in [2.75, 3.05) is 38.1 Å². The number of rotatable bonds is 7. The summed E-state index contributed by atoms with van der Waals surface area (Å²) >= 11 is 0. The number of halogens is 1. The van der Waals surface area contributed by atoms with Crippen LogP contribution in [-0.4, -0.2) is 50.1 Å². The number of benzene rings is 2. The number of ether oxygens (including phenoxy) is 1. The molecule has 6 heteroatoms. The average Bonchev–Trinajstić information content (AvgIpc) is 2.72. The van der Waals surface area contributed by atoms with Crippen LogP contribution in [-0.2, 0) is 11.3 Å². The lowest BCUT2D eigenvalue weighted by molar-refractivity contribution is -0.128. The van der Waals surface area contributed by atoms with E-state index in [1.807, 2.05) is 19.1 Å². The zero-order chi connectivity index (χ0) is 19.9. The molecule has 1 amide bonds. The van der Waals surface area contributed by atoms with Gasteiger partial charge < -0.3 is 19.9 Å². The van der Waals surface area contributed by atoms with Gasteiger partial charge in [-0.25, -0.2) is 4.39 Å². The minimum Gasteiger partial charge on any atom is -0.478 e. The molecule has 0 saturated carbocycles. The zero-order valence-electron chi connectivity index (χ0n) is 16.5. The van der Waals surface area contributed by atoms with E-state index in [2.05, 4.69) is 34.3 Å². The van der Waals surface area contributed by atoms with Gasteiger partial charge in [0.2, 0.25) is 0 Å². The van der Waals surface area contributed by atoms with E-state index in [1.165, 1.54) is 17.8 Å². The number of para-hydroxylation sites is 1. The van der Waals surface area contributed by atoms with Crippen LogP contribution in [0.4, 0.5) is 10.1 Å². The molecule has 1 heterocycles. The third-order valence-electron chi connectivity index (χ3n) is 5.04. The Balaban J connectivity index is 1.52. The van der Waals surface area contributed by atoms with Gasteiger partial charge in [-0.2, -0.15) is 0 Å². The molecule has 0 spiro atoms. The minimum atomic E-state index is -0.721. The first kappa shape index (κ1) is 20.1. The fourth-order valence-electron chi connectivity index (χ4n) is 3.21. The van der Waals surface area contributed by atoms with Crippen molar-refractivity contribution < 1.29 is 13.9 Å². The third-order valence-corrected chi connectivity index (χ3v) is 5.04. The summed E-state index contributed by atoms with van der Waals surface area (Å²) in [6, 6.07) is 14.4. The summed E-state index contributed by atoms with van der Waals surface area (Å²) < 4.78 is 19.3. The second-order valence-electron chi connectivity index (χ2n) is 7.12. The van der Waals surface area contributed by atoms with Gasteiger partial charge in [0, 0.05) is 38.4 Å². The molecule has 1 saturated heterocycles. The van der Waals surface area contributed by atoms with Crippen LogP contribution >= 0.6 is 0 Å². The van der Waals surface area contributed by atoms with Crippen molar-refractivity contribution >= 4 is 11.6 Å². The van der Waals surface area contributed by atoms with Crippen molar-refractivity contribution in [2.24, 2.45) is 0 Å². The molecule has 150 valence electrons. The van der Waals surface area contributed by atoms with Crippen LogP contribution in [0.15, 0.2) is 48.5 Å². The summed E-state index contributed by atoms with van der Waals surface area (Å²) in [6.45, 7) is 6.45. The third kappa shape index (κ3) is 5.23. The van der Waals surface area contributed by atoms with Crippen LogP contribution in [0.1, 0.15) is 18.9 Å². The zero-order valence-corrected chi connectivity index (χ0v) is 16.5. The summed E-state index contributed by atoms with van der Waals surface area (Å²) in [6.07, 6.45) is -0.260. The molecule has 28 heavy (non-hydrogen) atoms. The molecule has 1 atom stereocenters. The Morgan fingerprint density at radius 3 is 2.43 bits per heavy atom. The lowest BCUT2D eigenvalue weighted by Gasteiger charge is -2.34. The standard InChI is InChI=1S/C22H28FN3O2/c1-3-20(28-21-7-5-4-6-19(21)23)22(27)24-16-17-8-10-18(11-9-17)26-14-12-25(2)13-15-26/h4-11,20H,3,12-16H2,1-2H3,(H,24,27)/t20-/m0/s1. The fraction of sp³-hybridized carbons (Fsp3) is 0.409. The van der Waals surface area contributed by atoms with Gasteiger partial charge in [0.05, 0.1) is 0 Å². The van der Waals surface area contributed by atoms with E-state index in [1.54, 1.807) is 12.1 Å².